The third-order valence-electron chi connectivity index (χ3n) is 7.45. The van der Waals surface area contributed by atoms with Gasteiger partial charge in [0.15, 0.2) is 0 Å². The molecule has 0 atom stereocenters. The fraction of sp³-hybridized carbons (Fsp3) is 0.257. The summed E-state index contributed by atoms with van der Waals surface area (Å²) in [6.45, 7) is 12.1. The number of fused-ring (bicyclic) bond motifs is 2. The van der Waals surface area contributed by atoms with Gasteiger partial charge in [-0.3, -0.25) is 19.3 Å². The lowest BCUT2D eigenvalue weighted by molar-refractivity contribution is 0.0600. The molecule has 0 fully saturated rings. The minimum Gasteiger partial charge on any atom is -0.478 e. The van der Waals surface area contributed by atoms with E-state index >= 15 is 0 Å². The Morgan fingerprint density at radius 2 is 1.13 bits per heavy atom. The molecule has 1 N–H and O–H groups in total. The lowest BCUT2D eigenvalue weighted by Crippen LogP contribution is -2.05. The van der Waals surface area contributed by atoms with Crippen molar-refractivity contribution in [2.45, 2.75) is 53.6 Å². The second-order valence-corrected chi connectivity index (χ2v) is 11.5. The molecule has 0 aliphatic carbocycles. The quantitative estimate of drug-likeness (QED) is 0.194. The van der Waals surface area contributed by atoms with Gasteiger partial charge in [-0.2, -0.15) is 10.2 Å². The molecule has 0 saturated heterocycles. The number of nitrogens with zero attached hydrogens (tertiary/aromatic N) is 6. The monoisotopic (exact) mass is 604 g/mol. The molecule has 6 aromatic rings. The van der Waals surface area contributed by atoms with Crippen molar-refractivity contribution in [3.63, 3.8) is 0 Å². The van der Waals surface area contributed by atoms with Gasteiger partial charge in [-0.1, -0.05) is 12.1 Å². The van der Waals surface area contributed by atoms with Crippen molar-refractivity contribution in [3.05, 3.63) is 95.6 Å². The van der Waals surface area contributed by atoms with E-state index in [-0.39, 0.29) is 23.6 Å². The first-order valence-electron chi connectivity index (χ1n) is 14.7. The summed E-state index contributed by atoms with van der Waals surface area (Å²) in [5, 5.41) is 20.1. The van der Waals surface area contributed by atoms with Gasteiger partial charge in [-0.15, -0.1) is 0 Å². The van der Waals surface area contributed by atoms with E-state index in [0.29, 0.717) is 5.56 Å². The van der Waals surface area contributed by atoms with Crippen LogP contribution in [0.5, 0.6) is 0 Å². The molecule has 6 rings (SSSR count). The van der Waals surface area contributed by atoms with Crippen molar-refractivity contribution in [3.8, 4) is 22.5 Å². The molecule has 230 valence electrons. The van der Waals surface area contributed by atoms with Crippen LogP contribution in [-0.2, 0) is 4.74 Å². The zero-order valence-electron chi connectivity index (χ0n) is 26.4. The Morgan fingerprint density at radius 3 is 1.51 bits per heavy atom. The number of ether oxygens (including phenoxy) is 1. The fourth-order valence-corrected chi connectivity index (χ4v) is 5.15. The number of aromatic nitrogens is 6. The van der Waals surface area contributed by atoms with Crippen LogP contribution < -0.4 is 0 Å². The van der Waals surface area contributed by atoms with E-state index in [1.165, 1.54) is 7.11 Å². The normalized spacial score (nSPS) is 11.2. The van der Waals surface area contributed by atoms with Crippen LogP contribution in [0.4, 0.5) is 0 Å². The zero-order chi connectivity index (χ0) is 32.4. The van der Waals surface area contributed by atoms with E-state index in [4.69, 9.17) is 4.74 Å². The topological polar surface area (TPSA) is 125 Å². The van der Waals surface area contributed by atoms with Crippen molar-refractivity contribution < 1.29 is 19.4 Å². The maximum Gasteiger partial charge on any atom is 0.337 e. The largest absolute Gasteiger partial charge is 0.478 e. The Kier molecular flexibility index (Phi) is 8.76. The molecule has 0 aliphatic rings. The molecular weight excluding hydrogens is 568 g/mol. The van der Waals surface area contributed by atoms with Gasteiger partial charge in [-0.25, -0.2) is 9.59 Å². The van der Waals surface area contributed by atoms with Gasteiger partial charge in [0.25, 0.3) is 0 Å². The minimum atomic E-state index is -0.952. The Bertz CT molecular complexity index is 2010. The number of pyridine rings is 2. The molecule has 10 nitrogen and oxygen atoms in total. The number of esters is 1. The van der Waals surface area contributed by atoms with E-state index in [0.717, 1.165) is 55.4 Å². The number of hydrogen-bond donors (Lipinski definition) is 1. The van der Waals surface area contributed by atoms with Gasteiger partial charge in [0, 0.05) is 46.4 Å². The van der Waals surface area contributed by atoms with E-state index in [1.54, 1.807) is 24.5 Å². The van der Waals surface area contributed by atoms with Crippen LogP contribution in [0.25, 0.3) is 44.3 Å². The summed E-state index contributed by atoms with van der Waals surface area (Å²) in [5.74, 6) is -1.32. The van der Waals surface area contributed by atoms with E-state index < -0.39 is 5.97 Å². The van der Waals surface area contributed by atoms with Gasteiger partial charge < -0.3 is 9.84 Å². The fourth-order valence-electron chi connectivity index (χ4n) is 5.15. The molecule has 0 unspecified atom stereocenters. The highest BCUT2D eigenvalue weighted by molar-refractivity contribution is 6.02. The van der Waals surface area contributed by atoms with E-state index in [1.807, 2.05) is 85.9 Å². The van der Waals surface area contributed by atoms with Crippen molar-refractivity contribution in [2.75, 3.05) is 7.11 Å². The average molecular weight is 605 g/mol. The Hall–Kier alpha value is -5.38. The first-order chi connectivity index (χ1) is 21.5. The molecule has 2 aromatic carbocycles. The maximum absolute atomic E-state index is 12.0. The van der Waals surface area contributed by atoms with Gasteiger partial charge in [0.1, 0.15) is 0 Å². The molecule has 0 aliphatic heterocycles. The third-order valence-corrected chi connectivity index (χ3v) is 7.45. The van der Waals surface area contributed by atoms with Crippen LogP contribution in [0.15, 0.2) is 73.3 Å². The summed E-state index contributed by atoms with van der Waals surface area (Å²) in [4.78, 5) is 32.4. The van der Waals surface area contributed by atoms with Gasteiger partial charge in [0.05, 0.1) is 53.1 Å². The molecule has 0 radical (unpaired) electrons. The molecule has 0 spiro atoms. The standard InChI is InChI=1S/C18H19N3O2.C17H17N3O2/c1-11(2)21-17-8-13(18(22)23-4)7-14(15(17)10-20-21)16-6-5-12(3)9-19-16;1-10(2)20-16-7-12(17(21)22)6-13(14(16)9-19-20)15-5-4-11(3)8-18-15/h5-11H,1-4H3;4-10H,1-3H3,(H,21,22). The molecule has 4 heterocycles. The third kappa shape index (κ3) is 6.31. The van der Waals surface area contributed by atoms with Gasteiger partial charge in [0.2, 0.25) is 0 Å². The van der Waals surface area contributed by atoms with Gasteiger partial charge >= 0.3 is 11.9 Å². The molecule has 0 amide bonds. The van der Waals surface area contributed by atoms with Crippen molar-refractivity contribution in [1.82, 2.24) is 29.5 Å². The Balaban J connectivity index is 0.000000178. The van der Waals surface area contributed by atoms with E-state index in [2.05, 4.69) is 34.0 Å². The summed E-state index contributed by atoms with van der Waals surface area (Å²) in [7, 11) is 1.38. The van der Waals surface area contributed by atoms with Crippen LogP contribution in [0.2, 0.25) is 0 Å². The minimum absolute atomic E-state index is 0.153. The summed E-state index contributed by atoms with van der Waals surface area (Å²) < 4.78 is 8.62. The molecule has 0 saturated carbocycles. The van der Waals surface area contributed by atoms with Crippen molar-refractivity contribution in [2.24, 2.45) is 0 Å². The number of benzene rings is 2. The number of aromatic carboxylic acids is 1. The second-order valence-electron chi connectivity index (χ2n) is 11.5. The number of aryl methyl sites for hydroxylation is 2. The summed E-state index contributed by atoms with van der Waals surface area (Å²) in [5.41, 5.74) is 7.85. The van der Waals surface area contributed by atoms with Crippen LogP contribution in [0, 0.1) is 13.8 Å². The van der Waals surface area contributed by atoms with Gasteiger partial charge in [-0.05, 0) is 89.1 Å². The number of methoxy groups -OCH3 is 1. The Morgan fingerprint density at radius 1 is 0.689 bits per heavy atom. The average Bonchev–Trinajstić information content (AvgIpc) is 3.66. The number of carboxylic acids is 1. The van der Waals surface area contributed by atoms with Crippen molar-refractivity contribution in [1.29, 1.82) is 0 Å². The van der Waals surface area contributed by atoms with Crippen LogP contribution in [0.3, 0.4) is 0 Å². The van der Waals surface area contributed by atoms with E-state index in [9.17, 15) is 14.7 Å². The number of carboxylic acid groups (broad SMARTS) is 1. The summed E-state index contributed by atoms with van der Waals surface area (Å²) >= 11 is 0. The molecule has 0 bridgehead atoms. The predicted molar refractivity (Wildman–Crippen MR) is 174 cm³/mol. The summed E-state index contributed by atoms with van der Waals surface area (Å²) in [6.07, 6.45) is 7.20. The first kappa shape index (κ1) is 31.1. The number of carbonyl (C=O) groups is 2. The number of hydrogen-bond acceptors (Lipinski definition) is 7. The smallest absolute Gasteiger partial charge is 0.337 e. The molecule has 4 aromatic heterocycles. The Labute approximate surface area is 261 Å². The highest BCUT2D eigenvalue weighted by atomic mass is 16.5. The number of carbonyl (C=O) groups excluding carboxylic acids is 1. The molecule has 10 heteroatoms. The van der Waals surface area contributed by atoms with Crippen LogP contribution >= 0.6 is 0 Å². The molecule has 45 heavy (non-hydrogen) atoms. The van der Waals surface area contributed by atoms with Crippen molar-refractivity contribution >= 4 is 33.7 Å². The summed E-state index contributed by atoms with van der Waals surface area (Å²) in [6, 6.07) is 15.2. The maximum atomic E-state index is 12.0. The first-order valence-corrected chi connectivity index (χ1v) is 14.7. The highest BCUT2D eigenvalue weighted by Gasteiger charge is 2.18. The molecular formula is C35H36N6O4. The second kappa shape index (κ2) is 12.7. The number of rotatable bonds is 6. The SMILES string of the molecule is COC(=O)c1cc(-c2ccc(C)cn2)c2cnn(C(C)C)c2c1.Cc1ccc(-c2cc(C(=O)O)cc3c2cnn3C(C)C)nc1. The van der Waals surface area contributed by atoms with Crippen LogP contribution in [0.1, 0.15) is 71.6 Å². The highest BCUT2D eigenvalue weighted by Crippen LogP contribution is 2.32. The lowest BCUT2D eigenvalue weighted by atomic mass is 10.0. The predicted octanol–water partition coefficient (Wildman–Crippen LogP) is 7.46. The van der Waals surface area contributed by atoms with Crippen LogP contribution in [-0.4, -0.2) is 53.7 Å². The lowest BCUT2D eigenvalue weighted by Gasteiger charge is -2.10. The zero-order valence-corrected chi connectivity index (χ0v) is 26.4.